The molecule has 1 aliphatic heterocycles. The summed E-state index contributed by atoms with van der Waals surface area (Å²) in [5, 5.41) is 3.01. The van der Waals surface area contributed by atoms with Crippen LogP contribution < -0.4 is 15.1 Å². The standard InChI is InChI=1S/C23H30N4O/c1-3-4-5-12-22(28)25-18-20-10-8-13-24-23(20)27-16-14-26(15-17-27)21-11-7-6-9-19(21)2/h4-11,13H,3,12,14-18H2,1-2H3,(H,25,28)/b5-4+. The van der Waals surface area contributed by atoms with Crippen molar-refractivity contribution in [1.29, 1.82) is 0 Å². The van der Waals surface area contributed by atoms with Gasteiger partial charge in [-0.05, 0) is 31.0 Å². The van der Waals surface area contributed by atoms with Crippen molar-refractivity contribution in [2.24, 2.45) is 0 Å². The van der Waals surface area contributed by atoms with Crippen LogP contribution in [0.1, 0.15) is 30.9 Å². The lowest BCUT2D eigenvalue weighted by Crippen LogP contribution is -2.47. The molecule has 0 aliphatic carbocycles. The van der Waals surface area contributed by atoms with Gasteiger partial charge in [0.2, 0.25) is 5.91 Å². The maximum absolute atomic E-state index is 12.0. The molecule has 0 radical (unpaired) electrons. The van der Waals surface area contributed by atoms with Crippen LogP contribution >= 0.6 is 0 Å². The van der Waals surface area contributed by atoms with E-state index >= 15 is 0 Å². The minimum atomic E-state index is 0.0453. The van der Waals surface area contributed by atoms with Crippen LogP contribution in [0.4, 0.5) is 11.5 Å². The van der Waals surface area contributed by atoms with Crippen molar-refractivity contribution < 1.29 is 4.79 Å². The van der Waals surface area contributed by atoms with Crippen molar-refractivity contribution in [3.63, 3.8) is 0 Å². The van der Waals surface area contributed by atoms with Gasteiger partial charge in [-0.3, -0.25) is 4.79 Å². The van der Waals surface area contributed by atoms with Crippen LogP contribution in [0, 0.1) is 6.92 Å². The van der Waals surface area contributed by atoms with E-state index in [9.17, 15) is 4.79 Å². The number of nitrogens with one attached hydrogen (secondary N) is 1. The number of benzene rings is 1. The molecule has 5 nitrogen and oxygen atoms in total. The van der Waals surface area contributed by atoms with Crippen LogP contribution in [0.5, 0.6) is 0 Å². The van der Waals surface area contributed by atoms with E-state index in [0.717, 1.165) is 44.0 Å². The molecule has 3 rings (SSSR count). The highest BCUT2D eigenvalue weighted by Crippen LogP contribution is 2.24. The van der Waals surface area contributed by atoms with E-state index in [4.69, 9.17) is 0 Å². The van der Waals surface area contributed by atoms with E-state index in [-0.39, 0.29) is 5.91 Å². The van der Waals surface area contributed by atoms with Gasteiger partial charge >= 0.3 is 0 Å². The number of hydrogen-bond acceptors (Lipinski definition) is 4. The van der Waals surface area contributed by atoms with Gasteiger partial charge in [0, 0.05) is 56.6 Å². The van der Waals surface area contributed by atoms with Gasteiger partial charge in [-0.25, -0.2) is 4.98 Å². The number of amides is 1. The highest BCUT2D eigenvalue weighted by molar-refractivity contribution is 5.77. The molecule has 1 amide bonds. The van der Waals surface area contributed by atoms with Gasteiger partial charge in [0.1, 0.15) is 5.82 Å². The molecule has 1 fully saturated rings. The fourth-order valence-electron chi connectivity index (χ4n) is 3.55. The monoisotopic (exact) mass is 378 g/mol. The first kappa shape index (κ1) is 19.9. The van der Waals surface area contributed by atoms with E-state index in [1.54, 1.807) is 0 Å². The molecular weight excluding hydrogens is 348 g/mol. The number of anilines is 2. The third-order valence-electron chi connectivity index (χ3n) is 5.08. The molecule has 0 unspecified atom stereocenters. The van der Waals surface area contributed by atoms with Crippen molar-refractivity contribution >= 4 is 17.4 Å². The number of pyridine rings is 1. The Labute approximate surface area is 168 Å². The van der Waals surface area contributed by atoms with Gasteiger partial charge in [0.05, 0.1) is 0 Å². The first-order valence-corrected chi connectivity index (χ1v) is 10.1. The molecule has 1 aromatic carbocycles. The number of carbonyl (C=O) groups is 1. The van der Waals surface area contributed by atoms with Crippen LogP contribution in [0.2, 0.25) is 0 Å². The number of aromatic nitrogens is 1. The van der Waals surface area contributed by atoms with Crippen molar-refractivity contribution in [3.05, 3.63) is 65.9 Å². The second-order valence-corrected chi connectivity index (χ2v) is 7.11. The average molecular weight is 379 g/mol. The van der Waals surface area contributed by atoms with Crippen molar-refractivity contribution in [2.75, 3.05) is 36.0 Å². The quantitative estimate of drug-likeness (QED) is 0.747. The zero-order valence-corrected chi connectivity index (χ0v) is 16.9. The lowest BCUT2D eigenvalue weighted by molar-refractivity contribution is -0.120. The molecule has 1 saturated heterocycles. The smallest absolute Gasteiger partial charge is 0.224 e. The van der Waals surface area contributed by atoms with Crippen LogP contribution in [-0.2, 0) is 11.3 Å². The average Bonchev–Trinajstić information content (AvgIpc) is 2.73. The van der Waals surface area contributed by atoms with E-state index < -0.39 is 0 Å². The fourth-order valence-corrected chi connectivity index (χ4v) is 3.55. The molecule has 28 heavy (non-hydrogen) atoms. The Hall–Kier alpha value is -2.82. The second-order valence-electron chi connectivity index (χ2n) is 7.11. The summed E-state index contributed by atoms with van der Waals surface area (Å²) in [6.07, 6.45) is 7.15. The number of piperazine rings is 1. The third-order valence-corrected chi connectivity index (χ3v) is 5.08. The predicted octanol–water partition coefficient (Wildman–Crippen LogP) is 3.69. The van der Waals surface area contributed by atoms with Crippen LogP contribution in [0.3, 0.4) is 0 Å². The molecule has 148 valence electrons. The molecule has 0 bridgehead atoms. The fraction of sp³-hybridized carbons (Fsp3) is 0.391. The van der Waals surface area contributed by atoms with Crippen LogP contribution in [0.15, 0.2) is 54.7 Å². The Kier molecular flexibility index (Phi) is 7.06. The number of aryl methyl sites for hydroxylation is 1. The molecule has 2 heterocycles. The lowest BCUT2D eigenvalue weighted by Gasteiger charge is -2.38. The molecule has 0 spiro atoms. The Morgan fingerprint density at radius 3 is 2.57 bits per heavy atom. The predicted molar refractivity (Wildman–Crippen MR) is 116 cm³/mol. The Morgan fingerprint density at radius 1 is 1.07 bits per heavy atom. The maximum Gasteiger partial charge on any atom is 0.224 e. The van der Waals surface area contributed by atoms with Gasteiger partial charge in [-0.1, -0.05) is 43.3 Å². The van der Waals surface area contributed by atoms with E-state index in [0.29, 0.717) is 13.0 Å². The molecular formula is C23H30N4O. The van der Waals surface area contributed by atoms with Crippen LogP contribution in [0.25, 0.3) is 0 Å². The molecule has 1 N–H and O–H groups in total. The number of nitrogens with zero attached hydrogens (tertiary/aromatic N) is 3. The topological polar surface area (TPSA) is 48.5 Å². The first-order chi connectivity index (χ1) is 13.7. The van der Waals surface area contributed by atoms with Gasteiger partial charge < -0.3 is 15.1 Å². The highest BCUT2D eigenvalue weighted by atomic mass is 16.1. The molecule has 2 aromatic rings. The Morgan fingerprint density at radius 2 is 1.82 bits per heavy atom. The molecule has 1 aromatic heterocycles. The van der Waals surface area contributed by atoms with Crippen molar-refractivity contribution in [2.45, 2.75) is 33.2 Å². The van der Waals surface area contributed by atoms with Crippen LogP contribution in [-0.4, -0.2) is 37.1 Å². The largest absolute Gasteiger partial charge is 0.368 e. The summed E-state index contributed by atoms with van der Waals surface area (Å²) >= 11 is 0. The number of para-hydroxylation sites is 1. The number of carbonyl (C=O) groups excluding carboxylic acids is 1. The number of rotatable bonds is 7. The van der Waals surface area contributed by atoms with E-state index in [2.05, 4.69) is 64.3 Å². The van der Waals surface area contributed by atoms with Gasteiger partial charge in [-0.15, -0.1) is 0 Å². The molecule has 1 aliphatic rings. The minimum absolute atomic E-state index is 0.0453. The first-order valence-electron chi connectivity index (χ1n) is 10.1. The molecule has 0 saturated carbocycles. The van der Waals surface area contributed by atoms with Gasteiger partial charge in [-0.2, -0.15) is 0 Å². The lowest BCUT2D eigenvalue weighted by atomic mass is 10.1. The Balaban J connectivity index is 1.60. The summed E-state index contributed by atoms with van der Waals surface area (Å²) < 4.78 is 0. The summed E-state index contributed by atoms with van der Waals surface area (Å²) in [6.45, 7) is 8.52. The van der Waals surface area contributed by atoms with E-state index in [1.165, 1.54) is 11.3 Å². The van der Waals surface area contributed by atoms with Gasteiger partial charge in [0.25, 0.3) is 0 Å². The summed E-state index contributed by atoms with van der Waals surface area (Å²) in [4.78, 5) is 21.4. The Bertz CT molecular complexity index is 810. The number of hydrogen-bond donors (Lipinski definition) is 1. The summed E-state index contributed by atoms with van der Waals surface area (Å²) in [7, 11) is 0. The van der Waals surface area contributed by atoms with Crippen molar-refractivity contribution in [3.8, 4) is 0 Å². The second kappa shape index (κ2) is 9.93. The van der Waals surface area contributed by atoms with Crippen molar-refractivity contribution in [1.82, 2.24) is 10.3 Å². The summed E-state index contributed by atoms with van der Waals surface area (Å²) in [6, 6.07) is 12.5. The SMILES string of the molecule is CC/C=C/CC(=O)NCc1cccnc1N1CCN(c2ccccc2C)CC1. The zero-order valence-electron chi connectivity index (χ0n) is 16.9. The van der Waals surface area contributed by atoms with Gasteiger partial charge in [0.15, 0.2) is 0 Å². The summed E-state index contributed by atoms with van der Waals surface area (Å²) in [5.41, 5.74) is 3.70. The third kappa shape index (κ3) is 5.12. The molecule has 0 atom stereocenters. The normalized spacial score (nSPS) is 14.5. The minimum Gasteiger partial charge on any atom is -0.368 e. The number of allylic oxidation sites excluding steroid dienone is 1. The van der Waals surface area contributed by atoms with E-state index in [1.807, 2.05) is 24.4 Å². The summed E-state index contributed by atoms with van der Waals surface area (Å²) in [5.74, 6) is 1.03. The molecule has 5 heteroatoms. The highest BCUT2D eigenvalue weighted by Gasteiger charge is 2.21. The maximum atomic E-state index is 12.0. The zero-order chi connectivity index (χ0) is 19.8.